The Hall–Kier alpha value is -1.72. The second-order valence-electron chi connectivity index (χ2n) is 4.04. The van der Waals surface area contributed by atoms with Gasteiger partial charge in [0.2, 0.25) is 0 Å². The van der Waals surface area contributed by atoms with Crippen molar-refractivity contribution in [2.45, 2.75) is 12.5 Å². The van der Waals surface area contributed by atoms with Crippen LogP contribution in [0.5, 0.6) is 5.75 Å². The summed E-state index contributed by atoms with van der Waals surface area (Å²) in [7, 11) is 1.62. The number of thiazole rings is 1. The third-order valence-electron chi connectivity index (χ3n) is 2.92. The SMILES string of the molecule is COc1ccc2c(c1)N=C(c1nccs1)CC2O. The molecule has 5 heteroatoms. The smallest absolute Gasteiger partial charge is 0.137 e. The molecule has 1 atom stereocenters. The van der Waals surface area contributed by atoms with Crippen molar-refractivity contribution in [3.05, 3.63) is 40.3 Å². The van der Waals surface area contributed by atoms with Gasteiger partial charge in [0.1, 0.15) is 10.8 Å². The third-order valence-corrected chi connectivity index (χ3v) is 3.74. The Balaban J connectivity index is 2.08. The van der Waals surface area contributed by atoms with Crippen LogP contribution in [0.2, 0.25) is 0 Å². The van der Waals surface area contributed by atoms with Gasteiger partial charge in [-0.25, -0.2) is 9.98 Å². The largest absolute Gasteiger partial charge is 0.497 e. The lowest BCUT2D eigenvalue weighted by Crippen LogP contribution is -2.12. The fourth-order valence-corrected chi connectivity index (χ4v) is 2.65. The fourth-order valence-electron chi connectivity index (χ4n) is 2.01. The number of aliphatic hydroxyl groups excluding tert-OH is 1. The Labute approximate surface area is 109 Å². The zero-order valence-electron chi connectivity index (χ0n) is 9.83. The molecule has 4 nitrogen and oxygen atoms in total. The molecule has 1 unspecified atom stereocenters. The van der Waals surface area contributed by atoms with Gasteiger partial charge in [-0.2, -0.15) is 0 Å². The average molecular weight is 260 g/mol. The van der Waals surface area contributed by atoms with E-state index in [1.165, 1.54) is 11.3 Å². The number of ether oxygens (including phenoxy) is 1. The molecule has 0 bridgehead atoms. The predicted molar refractivity (Wildman–Crippen MR) is 70.9 cm³/mol. The highest BCUT2D eigenvalue weighted by Gasteiger charge is 2.23. The minimum atomic E-state index is -0.526. The van der Waals surface area contributed by atoms with Crippen LogP contribution < -0.4 is 4.74 Å². The molecule has 0 amide bonds. The highest BCUT2D eigenvalue weighted by molar-refractivity contribution is 7.11. The topological polar surface area (TPSA) is 54.7 Å². The summed E-state index contributed by atoms with van der Waals surface area (Å²) >= 11 is 1.53. The summed E-state index contributed by atoms with van der Waals surface area (Å²) in [5, 5.41) is 12.9. The van der Waals surface area contributed by atoms with Gasteiger partial charge in [0.05, 0.1) is 24.6 Å². The van der Waals surface area contributed by atoms with Crippen LogP contribution in [0.3, 0.4) is 0 Å². The van der Waals surface area contributed by atoms with Crippen molar-refractivity contribution >= 4 is 22.7 Å². The van der Waals surface area contributed by atoms with E-state index in [2.05, 4.69) is 9.98 Å². The van der Waals surface area contributed by atoms with Gasteiger partial charge in [0, 0.05) is 29.6 Å². The highest BCUT2D eigenvalue weighted by atomic mass is 32.1. The number of rotatable bonds is 2. The number of aliphatic hydroxyl groups is 1. The normalized spacial score (nSPS) is 18.1. The Bertz CT molecular complexity index is 593. The first-order valence-corrected chi connectivity index (χ1v) is 6.49. The summed E-state index contributed by atoms with van der Waals surface area (Å²) in [5.41, 5.74) is 2.44. The summed E-state index contributed by atoms with van der Waals surface area (Å²) in [6.45, 7) is 0. The molecule has 1 aliphatic heterocycles. The van der Waals surface area contributed by atoms with Crippen molar-refractivity contribution in [1.29, 1.82) is 0 Å². The van der Waals surface area contributed by atoms with Gasteiger partial charge in [0.25, 0.3) is 0 Å². The lowest BCUT2D eigenvalue weighted by molar-refractivity contribution is 0.185. The molecule has 2 heterocycles. The molecular weight excluding hydrogens is 248 g/mol. The molecule has 0 saturated carbocycles. The van der Waals surface area contributed by atoms with Gasteiger partial charge in [-0.1, -0.05) is 6.07 Å². The van der Waals surface area contributed by atoms with Crippen LogP contribution in [-0.2, 0) is 0 Å². The predicted octanol–water partition coefficient (Wildman–Crippen LogP) is 2.71. The van der Waals surface area contributed by atoms with Gasteiger partial charge in [-0.05, 0) is 6.07 Å². The van der Waals surface area contributed by atoms with E-state index in [0.717, 1.165) is 27.7 Å². The number of benzene rings is 1. The minimum Gasteiger partial charge on any atom is -0.497 e. The van der Waals surface area contributed by atoms with Gasteiger partial charge >= 0.3 is 0 Å². The summed E-state index contributed by atoms with van der Waals surface area (Å²) < 4.78 is 5.18. The Morgan fingerprint density at radius 2 is 2.33 bits per heavy atom. The molecule has 2 aromatic rings. The summed E-state index contributed by atoms with van der Waals surface area (Å²) in [4.78, 5) is 8.81. The maximum atomic E-state index is 10.1. The van der Waals surface area contributed by atoms with Crippen LogP contribution in [0.4, 0.5) is 5.69 Å². The minimum absolute atomic E-state index is 0.507. The van der Waals surface area contributed by atoms with E-state index in [9.17, 15) is 5.11 Å². The first kappa shape index (κ1) is 11.4. The van der Waals surface area contributed by atoms with Crippen LogP contribution in [0, 0.1) is 0 Å². The molecule has 0 radical (unpaired) electrons. The molecule has 1 N–H and O–H groups in total. The van der Waals surface area contributed by atoms with Crippen molar-refractivity contribution in [2.24, 2.45) is 4.99 Å². The summed E-state index contributed by atoms with van der Waals surface area (Å²) in [6.07, 6.45) is 1.73. The molecule has 0 fully saturated rings. The zero-order valence-corrected chi connectivity index (χ0v) is 10.6. The van der Waals surface area contributed by atoms with Crippen molar-refractivity contribution in [1.82, 2.24) is 4.98 Å². The number of aromatic nitrogens is 1. The van der Waals surface area contributed by atoms with Crippen LogP contribution in [0.1, 0.15) is 23.1 Å². The van der Waals surface area contributed by atoms with Crippen LogP contribution in [0.25, 0.3) is 0 Å². The second kappa shape index (κ2) is 4.51. The second-order valence-corrected chi connectivity index (χ2v) is 4.93. The summed E-state index contributed by atoms with van der Waals surface area (Å²) in [6, 6.07) is 5.54. The highest BCUT2D eigenvalue weighted by Crippen LogP contribution is 2.36. The molecule has 1 aliphatic rings. The molecule has 1 aromatic heterocycles. The van der Waals surface area contributed by atoms with E-state index in [1.807, 2.05) is 23.6 Å². The number of methoxy groups -OCH3 is 1. The standard InChI is InChI=1S/C13H12N2O2S/c1-17-8-2-3-9-10(6-8)15-11(7-12(9)16)13-14-4-5-18-13/h2-6,12,16H,7H2,1H3. The van der Waals surface area contributed by atoms with Gasteiger partial charge in [0.15, 0.2) is 0 Å². The van der Waals surface area contributed by atoms with E-state index < -0.39 is 6.10 Å². The Morgan fingerprint density at radius 1 is 1.44 bits per heavy atom. The molecule has 0 aliphatic carbocycles. The van der Waals surface area contributed by atoms with Crippen LogP contribution in [0.15, 0.2) is 34.8 Å². The molecule has 0 saturated heterocycles. The molecular formula is C13H12N2O2S. The van der Waals surface area contributed by atoms with E-state index in [4.69, 9.17) is 4.74 Å². The number of hydrogen-bond acceptors (Lipinski definition) is 5. The van der Waals surface area contributed by atoms with Crippen molar-refractivity contribution in [3.8, 4) is 5.75 Å². The number of hydrogen-bond donors (Lipinski definition) is 1. The molecule has 18 heavy (non-hydrogen) atoms. The Morgan fingerprint density at radius 3 is 3.06 bits per heavy atom. The summed E-state index contributed by atoms with van der Waals surface area (Å²) in [5.74, 6) is 0.741. The quantitative estimate of drug-likeness (QED) is 0.903. The fraction of sp³-hybridized carbons (Fsp3) is 0.231. The van der Waals surface area contributed by atoms with Crippen molar-refractivity contribution in [2.75, 3.05) is 7.11 Å². The zero-order chi connectivity index (χ0) is 12.5. The van der Waals surface area contributed by atoms with E-state index in [0.29, 0.717) is 6.42 Å². The first-order chi connectivity index (χ1) is 8.78. The lowest BCUT2D eigenvalue weighted by Gasteiger charge is -2.20. The van der Waals surface area contributed by atoms with E-state index in [1.54, 1.807) is 13.3 Å². The van der Waals surface area contributed by atoms with Crippen molar-refractivity contribution in [3.63, 3.8) is 0 Å². The van der Waals surface area contributed by atoms with Crippen LogP contribution in [-0.4, -0.2) is 22.9 Å². The van der Waals surface area contributed by atoms with Gasteiger partial charge in [-0.15, -0.1) is 11.3 Å². The Kier molecular flexibility index (Phi) is 2.85. The monoisotopic (exact) mass is 260 g/mol. The average Bonchev–Trinajstić information content (AvgIpc) is 2.91. The van der Waals surface area contributed by atoms with E-state index in [-0.39, 0.29) is 0 Å². The third kappa shape index (κ3) is 1.91. The maximum absolute atomic E-state index is 10.1. The lowest BCUT2D eigenvalue weighted by atomic mass is 9.98. The molecule has 0 spiro atoms. The first-order valence-electron chi connectivity index (χ1n) is 5.61. The molecule has 3 rings (SSSR count). The number of aliphatic imine (C=N–C) groups is 1. The molecule has 92 valence electrons. The van der Waals surface area contributed by atoms with Crippen molar-refractivity contribution < 1.29 is 9.84 Å². The number of nitrogens with zero attached hydrogens (tertiary/aromatic N) is 2. The number of fused-ring (bicyclic) bond motifs is 1. The maximum Gasteiger partial charge on any atom is 0.137 e. The molecule has 1 aromatic carbocycles. The van der Waals surface area contributed by atoms with Gasteiger partial charge in [-0.3, -0.25) is 0 Å². The van der Waals surface area contributed by atoms with Gasteiger partial charge < -0.3 is 9.84 Å². The van der Waals surface area contributed by atoms with E-state index >= 15 is 0 Å². The van der Waals surface area contributed by atoms with Crippen LogP contribution >= 0.6 is 11.3 Å².